The van der Waals surface area contributed by atoms with Gasteiger partial charge in [-0.05, 0) is 42.3 Å². The Kier molecular flexibility index (Phi) is 12.0. The molecule has 5 rings (SSSR count). The van der Waals surface area contributed by atoms with Crippen LogP contribution < -0.4 is 19.8 Å². The molecule has 51 heavy (non-hydrogen) atoms. The van der Waals surface area contributed by atoms with Gasteiger partial charge in [0.25, 0.3) is 0 Å². The van der Waals surface area contributed by atoms with Crippen LogP contribution in [0.4, 0.5) is 0 Å². The number of esters is 1. The molecule has 0 unspecified atom stereocenters. The Hall–Kier alpha value is -4.56. The number of rotatable bonds is 11. The van der Waals surface area contributed by atoms with E-state index in [0.717, 1.165) is 12.1 Å². The summed E-state index contributed by atoms with van der Waals surface area (Å²) in [5, 5.41) is 81.7. The summed E-state index contributed by atoms with van der Waals surface area (Å²) in [5.41, 5.74) is 0.143. The van der Waals surface area contributed by atoms with Crippen LogP contribution in [0, 0.1) is 6.92 Å². The van der Waals surface area contributed by atoms with Gasteiger partial charge < -0.3 is 73.7 Å². The maximum absolute atomic E-state index is 12.9. The summed E-state index contributed by atoms with van der Waals surface area (Å²) >= 11 is 0. The van der Waals surface area contributed by atoms with Crippen LogP contribution in [0.3, 0.4) is 0 Å². The van der Waals surface area contributed by atoms with E-state index in [2.05, 4.69) is 0 Å². The fourth-order valence-corrected chi connectivity index (χ4v) is 5.52. The molecule has 2 aromatic carbocycles. The number of hydrogen-bond donors (Lipinski definition) is 8. The Morgan fingerprint density at radius 3 is 2.10 bits per heavy atom. The molecule has 17 heteroatoms. The molecule has 10 atom stereocenters. The number of carbonyl (C=O) groups excluding carboxylic acids is 1. The van der Waals surface area contributed by atoms with Gasteiger partial charge in [0.15, 0.2) is 6.10 Å². The number of ether oxygens (including phenoxy) is 6. The van der Waals surface area contributed by atoms with Gasteiger partial charge in [-0.3, -0.25) is 0 Å². The lowest BCUT2D eigenvalue weighted by atomic mass is 9.98. The van der Waals surface area contributed by atoms with Gasteiger partial charge in [0.1, 0.15) is 71.5 Å². The second kappa shape index (κ2) is 16.2. The number of aliphatic hydroxyl groups excluding tert-OH is 7. The zero-order valence-corrected chi connectivity index (χ0v) is 27.2. The maximum Gasteiger partial charge on any atom is 0.339 e. The Morgan fingerprint density at radius 1 is 0.804 bits per heavy atom. The number of benzene rings is 2. The summed E-state index contributed by atoms with van der Waals surface area (Å²) in [6.07, 6.45) is -14.1. The quantitative estimate of drug-likeness (QED) is 0.0868. The standard InChI is InChI=1S/C34H38O17/c1-15-9-19(46-33-31(44)29(42)27(40)22(13-35)49-33)11-21(26(15)20-10-18(45-2)12-25(39)47-20)48-34-32(30(43)28(41)23(14-36)50-34)51-24(38)8-5-16-3-6-17(37)7-4-16/h3-12,22-23,27-37,40-44H,13-14H2,1-2H3/b8-5+/t22-,23-,27-,28-,29+,30+,31-,32-,33-,34-/m1/s1. The Morgan fingerprint density at radius 2 is 1.45 bits per heavy atom. The molecule has 3 aromatic rings. The van der Waals surface area contributed by atoms with Crippen molar-refractivity contribution in [3.05, 3.63) is 76.2 Å². The average Bonchev–Trinajstić information content (AvgIpc) is 3.10. The third kappa shape index (κ3) is 8.50. The van der Waals surface area contributed by atoms with Gasteiger partial charge in [-0.25, -0.2) is 9.59 Å². The fourth-order valence-electron chi connectivity index (χ4n) is 5.52. The van der Waals surface area contributed by atoms with E-state index >= 15 is 0 Å². The molecule has 0 aliphatic carbocycles. The second-order valence-corrected chi connectivity index (χ2v) is 11.8. The number of methoxy groups -OCH3 is 1. The molecule has 2 aliphatic rings. The normalized spacial score (nSPS) is 29.4. The van der Waals surface area contributed by atoms with E-state index in [1.165, 1.54) is 55.7 Å². The van der Waals surface area contributed by atoms with E-state index in [-0.39, 0.29) is 34.3 Å². The molecule has 3 heterocycles. The van der Waals surface area contributed by atoms with Crippen molar-refractivity contribution in [1.29, 1.82) is 0 Å². The molecule has 17 nitrogen and oxygen atoms in total. The van der Waals surface area contributed by atoms with Crippen molar-refractivity contribution in [3.8, 4) is 34.3 Å². The van der Waals surface area contributed by atoms with Gasteiger partial charge in [-0.1, -0.05) is 12.1 Å². The second-order valence-electron chi connectivity index (χ2n) is 11.8. The van der Waals surface area contributed by atoms with E-state index in [1.54, 1.807) is 6.92 Å². The van der Waals surface area contributed by atoms with Crippen molar-refractivity contribution < 1.29 is 78.5 Å². The molecule has 0 bridgehead atoms. The minimum atomic E-state index is -1.85. The van der Waals surface area contributed by atoms with Crippen LogP contribution in [0.25, 0.3) is 17.4 Å². The van der Waals surface area contributed by atoms with Gasteiger partial charge in [0.2, 0.25) is 12.6 Å². The Balaban J connectivity index is 1.53. The summed E-state index contributed by atoms with van der Waals surface area (Å²) in [5.74, 6) is -1.22. The van der Waals surface area contributed by atoms with Crippen molar-refractivity contribution in [2.45, 2.75) is 68.3 Å². The molecule has 0 amide bonds. The van der Waals surface area contributed by atoms with Crippen molar-refractivity contribution in [2.75, 3.05) is 20.3 Å². The number of phenols is 1. The van der Waals surface area contributed by atoms with Crippen molar-refractivity contribution in [2.24, 2.45) is 0 Å². The lowest BCUT2D eigenvalue weighted by Gasteiger charge is -2.41. The summed E-state index contributed by atoms with van der Waals surface area (Å²) in [6, 6.07) is 11.0. The zero-order valence-electron chi connectivity index (χ0n) is 27.2. The Bertz CT molecular complexity index is 1740. The van der Waals surface area contributed by atoms with Gasteiger partial charge in [0.05, 0.1) is 32.0 Å². The summed E-state index contributed by atoms with van der Waals surface area (Å²) in [7, 11) is 1.33. The minimum absolute atomic E-state index is 0.00936. The predicted octanol–water partition coefficient (Wildman–Crippen LogP) is -1.05. The van der Waals surface area contributed by atoms with Crippen LogP contribution in [-0.2, 0) is 19.0 Å². The monoisotopic (exact) mass is 718 g/mol. The molecular formula is C34H38O17. The molecule has 2 fully saturated rings. The highest BCUT2D eigenvalue weighted by atomic mass is 16.7. The molecule has 2 aliphatic heterocycles. The van der Waals surface area contributed by atoms with E-state index in [0.29, 0.717) is 11.1 Å². The molecule has 276 valence electrons. The van der Waals surface area contributed by atoms with Crippen molar-refractivity contribution >= 4 is 12.0 Å². The lowest BCUT2D eigenvalue weighted by Crippen LogP contribution is -2.61. The number of aromatic hydroxyl groups is 1. The van der Waals surface area contributed by atoms with E-state index in [1.807, 2.05) is 0 Å². The van der Waals surface area contributed by atoms with Crippen molar-refractivity contribution in [1.82, 2.24) is 0 Å². The van der Waals surface area contributed by atoms with Gasteiger partial charge in [-0.2, -0.15) is 0 Å². The number of carbonyl (C=O) groups is 1. The molecule has 0 saturated carbocycles. The van der Waals surface area contributed by atoms with E-state index in [4.69, 9.17) is 32.8 Å². The van der Waals surface area contributed by atoms with Crippen LogP contribution in [0.1, 0.15) is 11.1 Å². The highest BCUT2D eigenvalue weighted by molar-refractivity contribution is 5.87. The number of aliphatic hydroxyl groups is 7. The zero-order chi connectivity index (χ0) is 37.0. The maximum atomic E-state index is 12.9. The number of phenolic OH excluding ortho intramolecular Hbond substituents is 1. The smallest absolute Gasteiger partial charge is 0.339 e. The van der Waals surface area contributed by atoms with Crippen LogP contribution in [0.2, 0.25) is 0 Å². The van der Waals surface area contributed by atoms with Gasteiger partial charge >= 0.3 is 11.6 Å². The molecule has 2 saturated heterocycles. The third-order valence-electron chi connectivity index (χ3n) is 8.22. The first kappa shape index (κ1) is 37.7. The average molecular weight is 719 g/mol. The topological polar surface area (TPSA) is 264 Å². The summed E-state index contributed by atoms with van der Waals surface area (Å²) < 4.78 is 39.3. The van der Waals surface area contributed by atoms with Crippen molar-refractivity contribution in [3.63, 3.8) is 0 Å². The van der Waals surface area contributed by atoms with Gasteiger partial charge in [-0.15, -0.1) is 0 Å². The first-order valence-electron chi connectivity index (χ1n) is 15.6. The highest BCUT2D eigenvalue weighted by Crippen LogP contribution is 2.40. The molecule has 8 N–H and O–H groups in total. The van der Waals surface area contributed by atoms with E-state index in [9.17, 15) is 50.4 Å². The largest absolute Gasteiger partial charge is 0.508 e. The summed E-state index contributed by atoms with van der Waals surface area (Å²) in [4.78, 5) is 25.4. The number of aryl methyl sites for hydroxylation is 1. The first-order chi connectivity index (χ1) is 24.3. The molecule has 0 spiro atoms. The minimum Gasteiger partial charge on any atom is -0.508 e. The van der Waals surface area contributed by atoms with Crippen LogP contribution >= 0.6 is 0 Å². The molecule has 0 radical (unpaired) electrons. The highest BCUT2D eigenvalue weighted by Gasteiger charge is 2.48. The fraction of sp³-hybridized carbons (Fsp3) is 0.412. The van der Waals surface area contributed by atoms with Crippen LogP contribution in [0.15, 0.2) is 63.8 Å². The van der Waals surface area contributed by atoms with Gasteiger partial charge in [0, 0.05) is 18.2 Å². The Labute approximate surface area is 289 Å². The lowest BCUT2D eigenvalue weighted by molar-refractivity contribution is -0.281. The predicted molar refractivity (Wildman–Crippen MR) is 172 cm³/mol. The SMILES string of the molecule is COc1cc(-c2c(C)cc(O[C@@H]3O[C@H](CO)[C@@H](O)[C@H](O)[C@H]3O)cc2O[C@@H]2O[C@H](CO)[C@@H](O)[C@H](O)[C@H]2OC(=O)/C=C/c2ccc(O)cc2)oc(=O)c1. The van der Waals surface area contributed by atoms with E-state index < -0.39 is 86.2 Å². The van der Waals surface area contributed by atoms with Crippen LogP contribution in [0.5, 0.6) is 23.0 Å². The first-order valence-corrected chi connectivity index (χ1v) is 15.6. The summed E-state index contributed by atoms with van der Waals surface area (Å²) in [6.45, 7) is 0.0656. The molecular weight excluding hydrogens is 680 g/mol. The van der Waals surface area contributed by atoms with Crippen LogP contribution in [-0.4, -0.2) is 129 Å². The third-order valence-corrected chi connectivity index (χ3v) is 8.22. The number of hydrogen-bond acceptors (Lipinski definition) is 17. The molecule has 1 aromatic heterocycles.